The Balaban J connectivity index is 1.26. The van der Waals surface area contributed by atoms with Crippen LogP contribution in [0.2, 0.25) is 5.02 Å². The van der Waals surface area contributed by atoms with Gasteiger partial charge in [0, 0.05) is 43.3 Å². The minimum atomic E-state index is -0.144. The average Bonchev–Trinajstić information content (AvgIpc) is 2.95. The average molecular weight is 515 g/mol. The van der Waals surface area contributed by atoms with E-state index in [1.807, 2.05) is 89.8 Å². The van der Waals surface area contributed by atoms with Crippen molar-refractivity contribution in [3.05, 3.63) is 113 Å². The lowest BCUT2D eigenvalue weighted by molar-refractivity contribution is 0.00336. The topological polar surface area (TPSA) is 42.0 Å². The molecule has 0 bridgehead atoms. The molecule has 1 saturated heterocycles. The van der Waals surface area contributed by atoms with Crippen molar-refractivity contribution in [2.75, 3.05) is 39.8 Å². The fraction of sp³-hybridized carbons (Fsp3) is 0.258. The molecule has 1 unspecified atom stereocenters. The summed E-state index contributed by atoms with van der Waals surface area (Å²) in [6, 6.07) is 29.8. The summed E-state index contributed by atoms with van der Waals surface area (Å²) in [4.78, 5) is 17.7. The Bertz CT molecular complexity index is 1360. The Morgan fingerprint density at radius 1 is 0.892 bits per heavy atom. The lowest BCUT2D eigenvalue weighted by Gasteiger charge is -2.36. The number of hydrogen-bond donors (Lipinski definition) is 0. The zero-order valence-electron chi connectivity index (χ0n) is 21.0. The molecule has 5 rings (SSSR count). The van der Waals surface area contributed by atoms with Crippen molar-refractivity contribution < 1.29 is 14.3 Å². The molecule has 1 fully saturated rings. The van der Waals surface area contributed by atoms with Crippen molar-refractivity contribution in [2.24, 2.45) is 0 Å². The van der Waals surface area contributed by atoms with E-state index in [1.165, 1.54) is 0 Å². The molecule has 6 heteroatoms. The normalized spacial score (nSPS) is 15.0. The third kappa shape index (κ3) is 6.13. The van der Waals surface area contributed by atoms with Gasteiger partial charge in [0.2, 0.25) is 0 Å². The number of amides is 1. The van der Waals surface area contributed by atoms with Gasteiger partial charge in [-0.2, -0.15) is 0 Å². The number of fused-ring (bicyclic) bond motifs is 1. The summed E-state index contributed by atoms with van der Waals surface area (Å²) < 4.78 is 11.9. The molecule has 0 spiro atoms. The van der Waals surface area contributed by atoms with Gasteiger partial charge in [-0.25, -0.2) is 0 Å². The summed E-state index contributed by atoms with van der Waals surface area (Å²) in [6.07, 6.45) is -0.144. The Morgan fingerprint density at radius 2 is 1.65 bits per heavy atom. The van der Waals surface area contributed by atoms with E-state index in [0.29, 0.717) is 24.7 Å². The summed E-state index contributed by atoms with van der Waals surface area (Å²) in [5.74, 6) is 0.900. The maximum atomic E-state index is 13.4. The molecule has 0 saturated carbocycles. The molecular weight excluding hydrogens is 484 g/mol. The lowest BCUT2D eigenvalue weighted by atomic mass is 10.0. The van der Waals surface area contributed by atoms with Crippen LogP contribution < -0.4 is 4.74 Å². The van der Waals surface area contributed by atoms with E-state index in [-0.39, 0.29) is 12.0 Å². The number of methoxy groups -OCH3 is 1. The number of hydrogen-bond acceptors (Lipinski definition) is 4. The second-order valence-corrected chi connectivity index (χ2v) is 9.76. The summed E-state index contributed by atoms with van der Waals surface area (Å²) in [5, 5.41) is 2.79. The molecule has 0 radical (unpaired) electrons. The standard InChI is InChI=1S/C31H31ClN2O3/c1-36-27-12-5-10-25(20-27)30(37-22-23-7-4-11-26(32)19-23)21-33-15-17-34(18-16-33)31(35)29-14-6-9-24-8-2-3-13-28(24)29/h2-14,19-20,30H,15-18,21-22H2,1H3. The fourth-order valence-electron chi connectivity index (χ4n) is 4.87. The Morgan fingerprint density at radius 3 is 2.46 bits per heavy atom. The number of nitrogens with zero attached hydrogens (tertiary/aromatic N) is 2. The largest absolute Gasteiger partial charge is 0.497 e. The highest BCUT2D eigenvalue weighted by Gasteiger charge is 2.26. The number of piperazine rings is 1. The zero-order valence-corrected chi connectivity index (χ0v) is 21.7. The summed E-state index contributed by atoms with van der Waals surface area (Å²) >= 11 is 6.18. The number of benzene rings is 4. The first-order chi connectivity index (χ1) is 18.1. The molecular formula is C31H31ClN2O3. The van der Waals surface area contributed by atoms with Crippen LogP contribution >= 0.6 is 11.6 Å². The molecule has 37 heavy (non-hydrogen) atoms. The number of carbonyl (C=O) groups excluding carboxylic acids is 1. The molecule has 0 aromatic heterocycles. The van der Waals surface area contributed by atoms with E-state index in [0.717, 1.165) is 52.8 Å². The zero-order chi connectivity index (χ0) is 25.6. The summed E-state index contributed by atoms with van der Waals surface area (Å²) in [6.45, 7) is 4.13. The van der Waals surface area contributed by atoms with Crippen LogP contribution in [0.3, 0.4) is 0 Å². The minimum Gasteiger partial charge on any atom is -0.497 e. The van der Waals surface area contributed by atoms with Crippen molar-refractivity contribution >= 4 is 28.3 Å². The van der Waals surface area contributed by atoms with Gasteiger partial charge in [-0.05, 0) is 52.2 Å². The van der Waals surface area contributed by atoms with Crippen LogP contribution in [0.5, 0.6) is 5.75 Å². The molecule has 190 valence electrons. The number of rotatable bonds is 8. The second kappa shape index (κ2) is 11.8. The predicted octanol–water partition coefficient (Wildman–Crippen LogP) is 6.22. The first kappa shape index (κ1) is 25.3. The first-order valence-corrected chi connectivity index (χ1v) is 13.0. The van der Waals surface area contributed by atoms with Crippen molar-refractivity contribution in [1.82, 2.24) is 9.80 Å². The highest BCUT2D eigenvalue weighted by molar-refractivity contribution is 6.30. The van der Waals surface area contributed by atoms with E-state index in [4.69, 9.17) is 21.1 Å². The van der Waals surface area contributed by atoms with Gasteiger partial charge in [0.1, 0.15) is 5.75 Å². The molecule has 1 atom stereocenters. The van der Waals surface area contributed by atoms with Gasteiger partial charge in [0.15, 0.2) is 0 Å². The Hall–Kier alpha value is -3.38. The van der Waals surface area contributed by atoms with E-state index < -0.39 is 0 Å². The molecule has 0 aliphatic carbocycles. The molecule has 5 nitrogen and oxygen atoms in total. The first-order valence-electron chi connectivity index (χ1n) is 12.6. The molecule has 1 amide bonds. The molecule has 4 aromatic rings. The lowest BCUT2D eigenvalue weighted by Crippen LogP contribution is -2.49. The van der Waals surface area contributed by atoms with Crippen LogP contribution in [0.4, 0.5) is 0 Å². The van der Waals surface area contributed by atoms with Gasteiger partial charge >= 0.3 is 0 Å². The van der Waals surface area contributed by atoms with Gasteiger partial charge in [-0.3, -0.25) is 9.69 Å². The molecule has 1 aliphatic rings. The number of ether oxygens (including phenoxy) is 2. The van der Waals surface area contributed by atoms with Crippen LogP contribution in [-0.4, -0.2) is 55.5 Å². The Kier molecular flexibility index (Phi) is 8.05. The fourth-order valence-corrected chi connectivity index (χ4v) is 5.08. The molecule has 0 N–H and O–H groups in total. The van der Waals surface area contributed by atoms with Crippen molar-refractivity contribution in [2.45, 2.75) is 12.7 Å². The maximum Gasteiger partial charge on any atom is 0.254 e. The highest BCUT2D eigenvalue weighted by Crippen LogP contribution is 2.26. The summed E-state index contributed by atoms with van der Waals surface area (Å²) in [5.41, 5.74) is 2.87. The smallest absolute Gasteiger partial charge is 0.254 e. The van der Waals surface area contributed by atoms with Gasteiger partial charge in [-0.1, -0.05) is 72.3 Å². The Labute approximate surface area is 223 Å². The van der Waals surface area contributed by atoms with Gasteiger partial charge < -0.3 is 14.4 Å². The van der Waals surface area contributed by atoms with Crippen LogP contribution in [0.15, 0.2) is 91.0 Å². The predicted molar refractivity (Wildman–Crippen MR) is 148 cm³/mol. The van der Waals surface area contributed by atoms with Crippen LogP contribution in [0, 0.1) is 0 Å². The quantitative estimate of drug-likeness (QED) is 0.280. The maximum absolute atomic E-state index is 13.4. The molecule has 1 aliphatic heterocycles. The van der Waals surface area contributed by atoms with Gasteiger partial charge in [-0.15, -0.1) is 0 Å². The second-order valence-electron chi connectivity index (χ2n) is 9.33. The van der Waals surface area contributed by atoms with Crippen LogP contribution in [0.25, 0.3) is 10.8 Å². The van der Waals surface area contributed by atoms with Crippen LogP contribution in [0.1, 0.15) is 27.6 Å². The molecule has 4 aromatic carbocycles. The van der Waals surface area contributed by atoms with Crippen molar-refractivity contribution in [3.63, 3.8) is 0 Å². The van der Waals surface area contributed by atoms with Gasteiger partial charge in [0.05, 0.1) is 19.8 Å². The third-order valence-corrected chi connectivity index (χ3v) is 7.14. The van der Waals surface area contributed by atoms with Gasteiger partial charge in [0.25, 0.3) is 5.91 Å². The monoisotopic (exact) mass is 514 g/mol. The number of carbonyl (C=O) groups is 1. The molecule has 1 heterocycles. The van der Waals surface area contributed by atoms with E-state index in [9.17, 15) is 4.79 Å². The van der Waals surface area contributed by atoms with Crippen molar-refractivity contribution in [3.8, 4) is 5.75 Å². The highest BCUT2D eigenvalue weighted by atomic mass is 35.5. The summed E-state index contributed by atoms with van der Waals surface area (Å²) in [7, 11) is 1.67. The van der Waals surface area contributed by atoms with E-state index in [1.54, 1.807) is 7.11 Å². The van der Waals surface area contributed by atoms with Crippen LogP contribution in [-0.2, 0) is 11.3 Å². The third-order valence-electron chi connectivity index (χ3n) is 6.91. The minimum absolute atomic E-state index is 0.0954. The van der Waals surface area contributed by atoms with E-state index in [2.05, 4.69) is 11.0 Å². The van der Waals surface area contributed by atoms with E-state index >= 15 is 0 Å². The SMILES string of the molecule is COc1cccc(C(CN2CCN(C(=O)c3cccc4ccccc34)CC2)OCc2cccc(Cl)c2)c1. The van der Waals surface area contributed by atoms with Crippen molar-refractivity contribution in [1.29, 1.82) is 0 Å². The number of halogens is 1.